The molecule has 0 aliphatic carbocycles. The first-order valence-corrected chi connectivity index (χ1v) is 4.01. The number of rotatable bonds is 2. The second-order valence-corrected chi connectivity index (χ2v) is 3.68. The lowest BCUT2D eigenvalue weighted by Gasteiger charge is -2.22. The minimum Gasteiger partial charge on any atom is -1.00 e. The van der Waals surface area contributed by atoms with Crippen LogP contribution in [0, 0.1) is 0 Å². The number of carbonyl (C=O) groups excluding carboxylic acids is 1. The van der Waals surface area contributed by atoms with E-state index in [0.29, 0.717) is 0 Å². The highest BCUT2D eigenvalue weighted by Gasteiger charge is 2.01. The first-order valence-electron chi connectivity index (χ1n) is 3.38. The summed E-state index contributed by atoms with van der Waals surface area (Å²) in [4.78, 5) is 8.89. The van der Waals surface area contributed by atoms with Gasteiger partial charge < -0.3 is 26.8 Å². The summed E-state index contributed by atoms with van der Waals surface area (Å²) >= 11 is 4.10. The van der Waals surface area contributed by atoms with Gasteiger partial charge in [0.1, 0.15) is 0 Å². The molecule has 12 heavy (non-hydrogen) atoms. The van der Waals surface area contributed by atoms with Gasteiger partial charge >= 0.3 is 0 Å². The molecule has 0 aliphatic heterocycles. The molecule has 76 valence electrons. The lowest BCUT2D eigenvalue weighted by atomic mass is 10.6. The Morgan fingerprint density at radius 2 is 1.67 bits per heavy atom. The van der Waals surface area contributed by atoms with Crippen LogP contribution in [0.1, 0.15) is 6.92 Å². The fourth-order valence-electron chi connectivity index (χ4n) is 0.300. The number of nitrogens with zero attached hydrogens (tertiary/aromatic N) is 1. The minimum absolute atomic E-state index is 0. The Hall–Kier alpha value is 0.0700. The lowest BCUT2D eigenvalue weighted by molar-refractivity contribution is -0.867. The van der Waals surface area contributed by atoms with Crippen LogP contribution < -0.4 is 17.5 Å². The van der Waals surface area contributed by atoms with Crippen LogP contribution in [0.3, 0.4) is 0 Å². The molecule has 0 amide bonds. The second-order valence-electron chi connectivity index (χ2n) is 3.23. The molecule has 0 aromatic heterocycles. The van der Waals surface area contributed by atoms with Crippen molar-refractivity contribution >= 4 is 18.6 Å². The highest BCUT2D eigenvalue weighted by molar-refractivity contribution is 7.80. The van der Waals surface area contributed by atoms with E-state index >= 15 is 0 Å². The number of carboxylic acids is 1. The quantitative estimate of drug-likeness (QED) is 0.381. The Morgan fingerprint density at radius 1 is 1.42 bits per heavy atom. The van der Waals surface area contributed by atoms with Gasteiger partial charge in [-0.1, -0.05) is 0 Å². The molecular formula is C7H17ClNO2S-. The van der Waals surface area contributed by atoms with Crippen LogP contribution in [0.15, 0.2) is 0 Å². The van der Waals surface area contributed by atoms with Crippen LogP contribution >= 0.6 is 12.6 Å². The van der Waals surface area contributed by atoms with Gasteiger partial charge in [0.2, 0.25) is 0 Å². The number of aliphatic carboxylic acids is 1. The van der Waals surface area contributed by atoms with Crippen molar-refractivity contribution in [2.75, 3.05) is 33.4 Å². The Labute approximate surface area is 86.2 Å². The first-order chi connectivity index (χ1) is 4.79. The molecule has 3 nitrogen and oxygen atoms in total. The van der Waals surface area contributed by atoms with E-state index in [0.717, 1.165) is 23.7 Å². The summed E-state index contributed by atoms with van der Waals surface area (Å²) in [6.45, 7) is 2.11. The molecule has 0 aromatic carbocycles. The Kier molecular flexibility index (Phi) is 13.7. The summed E-state index contributed by atoms with van der Waals surface area (Å²) in [5.74, 6) is -0.108. The van der Waals surface area contributed by atoms with Crippen molar-refractivity contribution in [1.29, 1.82) is 0 Å². The van der Waals surface area contributed by atoms with Gasteiger partial charge in [0, 0.05) is 11.7 Å². The number of hydrogen-bond acceptors (Lipinski definition) is 3. The highest BCUT2D eigenvalue weighted by Crippen LogP contribution is 1.88. The predicted molar refractivity (Wildman–Crippen MR) is 47.4 cm³/mol. The summed E-state index contributed by atoms with van der Waals surface area (Å²) in [5.41, 5.74) is 0. The molecule has 0 aromatic rings. The summed E-state index contributed by atoms with van der Waals surface area (Å²) in [6, 6.07) is 0. The highest BCUT2D eigenvalue weighted by atomic mass is 35.5. The normalized spacial score (nSPS) is 9.08. The molecule has 0 radical (unpaired) electrons. The molecular weight excluding hydrogens is 198 g/mol. The third-order valence-corrected chi connectivity index (χ3v) is 0.971. The van der Waals surface area contributed by atoms with Gasteiger partial charge in [0.05, 0.1) is 27.7 Å². The van der Waals surface area contributed by atoms with Crippen molar-refractivity contribution in [3.8, 4) is 0 Å². The maximum Gasteiger partial charge on any atom is 0.0869 e. The standard InChI is InChI=1S/C5H13NS.C2H4O2.ClH/c1-6(2,3)4-5-7;1-2(3)4;/h4-5H2,1-3H3;1H3,(H,3,4);1H/p-1. The number of carboxylic acid groups (broad SMARTS) is 1. The number of carbonyl (C=O) groups is 1. The molecule has 0 spiro atoms. The third kappa shape index (κ3) is 50.0. The summed E-state index contributed by atoms with van der Waals surface area (Å²) in [5, 5.41) is 8.89. The molecule has 0 saturated heterocycles. The zero-order chi connectivity index (χ0) is 9.49. The van der Waals surface area contributed by atoms with E-state index in [9.17, 15) is 0 Å². The van der Waals surface area contributed by atoms with Gasteiger partial charge in [-0.2, -0.15) is 12.6 Å². The topological polar surface area (TPSA) is 40.1 Å². The number of halogens is 1. The molecule has 0 bridgehead atoms. The zero-order valence-electron chi connectivity index (χ0n) is 8.00. The van der Waals surface area contributed by atoms with Gasteiger partial charge in [-0.15, -0.1) is 0 Å². The van der Waals surface area contributed by atoms with Crippen molar-refractivity contribution < 1.29 is 26.8 Å². The monoisotopic (exact) mass is 214 g/mol. The van der Waals surface area contributed by atoms with Gasteiger partial charge in [-0.05, 0) is 6.92 Å². The van der Waals surface area contributed by atoms with Crippen LogP contribution in [0.5, 0.6) is 0 Å². The minimum atomic E-state index is -1.08. The summed E-state index contributed by atoms with van der Waals surface area (Å²) in [6.07, 6.45) is 0. The number of hydrogen-bond donors (Lipinski definition) is 1. The molecule has 5 heteroatoms. The maximum absolute atomic E-state index is 8.89. The van der Waals surface area contributed by atoms with E-state index in [1.807, 2.05) is 0 Å². The van der Waals surface area contributed by atoms with E-state index in [-0.39, 0.29) is 12.4 Å². The van der Waals surface area contributed by atoms with Crippen LogP contribution in [0.2, 0.25) is 0 Å². The van der Waals surface area contributed by atoms with Crippen molar-refractivity contribution in [2.45, 2.75) is 6.92 Å². The average Bonchev–Trinajstić information content (AvgIpc) is 1.58. The van der Waals surface area contributed by atoms with Gasteiger partial charge in [-0.25, -0.2) is 0 Å². The largest absolute Gasteiger partial charge is 1.00 e. The SMILES string of the molecule is CC(=O)[O-].C[N+](C)(C)CCS.[Cl-]. The number of thiol groups is 1. The van der Waals surface area contributed by atoms with Crippen molar-refractivity contribution in [3.63, 3.8) is 0 Å². The summed E-state index contributed by atoms with van der Waals surface area (Å²) < 4.78 is 1.02. The molecule has 0 saturated carbocycles. The zero-order valence-corrected chi connectivity index (χ0v) is 9.65. The van der Waals surface area contributed by atoms with Crippen molar-refractivity contribution in [3.05, 3.63) is 0 Å². The fraction of sp³-hybridized carbons (Fsp3) is 0.857. The molecule has 0 aliphatic rings. The van der Waals surface area contributed by atoms with Crippen molar-refractivity contribution in [1.82, 2.24) is 0 Å². The summed E-state index contributed by atoms with van der Waals surface area (Å²) in [7, 11) is 6.49. The molecule has 0 atom stereocenters. The Morgan fingerprint density at radius 3 is 1.67 bits per heavy atom. The predicted octanol–water partition coefficient (Wildman–Crippen LogP) is -3.62. The molecule has 0 fully saturated rings. The van der Waals surface area contributed by atoms with E-state index in [2.05, 4.69) is 33.8 Å². The van der Waals surface area contributed by atoms with Crippen molar-refractivity contribution in [2.24, 2.45) is 0 Å². The smallest absolute Gasteiger partial charge is 0.0869 e. The molecule has 0 unspecified atom stereocenters. The molecule has 0 heterocycles. The number of quaternary nitrogens is 1. The van der Waals surface area contributed by atoms with E-state index in [1.165, 1.54) is 0 Å². The van der Waals surface area contributed by atoms with E-state index < -0.39 is 5.97 Å². The first kappa shape index (κ1) is 18.0. The molecule has 0 rings (SSSR count). The second kappa shape index (κ2) is 9.16. The fourth-order valence-corrected chi connectivity index (χ4v) is 0.900. The van der Waals surface area contributed by atoms with Crippen LogP contribution in [0.4, 0.5) is 0 Å². The van der Waals surface area contributed by atoms with E-state index in [4.69, 9.17) is 9.90 Å². The van der Waals surface area contributed by atoms with Gasteiger partial charge in [0.25, 0.3) is 0 Å². The lowest BCUT2D eigenvalue weighted by Crippen LogP contribution is -3.00. The van der Waals surface area contributed by atoms with Crippen LogP contribution in [-0.2, 0) is 4.79 Å². The van der Waals surface area contributed by atoms with Gasteiger partial charge in [0.15, 0.2) is 0 Å². The maximum atomic E-state index is 8.89. The Balaban J connectivity index is -0.000000142. The third-order valence-electron chi connectivity index (χ3n) is 0.771. The average molecular weight is 215 g/mol. The van der Waals surface area contributed by atoms with Gasteiger partial charge in [-0.3, -0.25) is 0 Å². The van der Waals surface area contributed by atoms with E-state index in [1.54, 1.807) is 0 Å². The van der Waals surface area contributed by atoms with Crippen LogP contribution in [-0.4, -0.2) is 43.9 Å². The Bertz CT molecular complexity index is 110. The van der Waals surface area contributed by atoms with Crippen LogP contribution in [0.25, 0.3) is 0 Å². The molecule has 0 N–H and O–H groups in total.